The number of aromatic nitrogens is 2. The maximum Gasteiger partial charge on any atom is 0.179 e. The smallest absolute Gasteiger partial charge is 0.179 e. The van der Waals surface area contributed by atoms with E-state index in [9.17, 15) is 16.4 Å². The maximum absolute atomic E-state index is 10.3. The first-order chi connectivity index (χ1) is 43.8. The van der Waals surface area contributed by atoms with Gasteiger partial charge in [-0.3, -0.25) is 0 Å². The van der Waals surface area contributed by atoms with Crippen LogP contribution >= 0.6 is 0 Å². The standard InChI is InChI=1S/C66H46N2Si/c1-5-22-47(23-6-1)57-34-15-18-37-62(57)68-64-39-20-17-36-59(64)61-45-49(41-43-66(61)68)56-33-14-13-32-55(56)48-40-42-65-60(44-48)58-35-16-19-38-63(58)67(65)50-24-21-31-54(46-50)69(51-25-7-2-8-26-51,52-27-9-3-10-28-52)53-29-11-4-12-30-53/h1-46H/i1D,5D,6D,13D,14D,16D,17D,19D,20D,22D,23D,32D,33D,35D,36D,38D,39D,40D,41D,42D,43D,44D,45D. The van der Waals surface area contributed by atoms with Gasteiger partial charge < -0.3 is 9.13 Å². The van der Waals surface area contributed by atoms with Crippen molar-refractivity contribution in [1.82, 2.24) is 9.13 Å². The van der Waals surface area contributed by atoms with Crippen LogP contribution in [-0.4, -0.2) is 17.2 Å². The minimum atomic E-state index is -3.34. The molecule has 0 atom stereocenters. The normalized spacial score (nSPS) is 16.4. The Kier molecular flexibility index (Phi) is 5.69. The summed E-state index contributed by atoms with van der Waals surface area (Å²) in [6.45, 7) is 0. The van der Waals surface area contributed by atoms with Crippen LogP contribution in [0.3, 0.4) is 0 Å². The molecule has 13 rings (SSSR count). The Morgan fingerprint density at radius 2 is 0.754 bits per heavy atom. The lowest BCUT2D eigenvalue weighted by molar-refractivity contribution is 1.18. The number of hydrogen-bond acceptors (Lipinski definition) is 0. The topological polar surface area (TPSA) is 9.86 Å². The molecule has 0 spiro atoms. The average molecular weight is 918 g/mol. The summed E-state index contributed by atoms with van der Waals surface area (Å²) in [6.07, 6.45) is 0. The van der Waals surface area contributed by atoms with Crippen molar-refractivity contribution in [1.29, 1.82) is 0 Å². The van der Waals surface area contributed by atoms with Crippen molar-refractivity contribution in [2.75, 3.05) is 0 Å². The second kappa shape index (κ2) is 16.8. The summed E-state index contributed by atoms with van der Waals surface area (Å²) in [5.74, 6) is 0. The van der Waals surface area contributed by atoms with E-state index in [4.69, 9.17) is 15.1 Å². The van der Waals surface area contributed by atoms with Crippen molar-refractivity contribution in [3.8, 4) is 44.8 Å². The molecule has 0 fully saturated rings. The monoisotopic (exact) mass is 917 g/mol. The minimum absolute atomic E-state index is 0.0790. The molecule has 13 aromatic rings. The average Bonchev–Trinajstić information content (AvgIpc) is 1.50. The van der Waals surface area contributed by atoms with Gasteiger partial charge in [-0.05, 0) is 103 Å². The van der Waals surface area contributed by atoms with Crippen molar-refractivity contribution in [2.45, 2.75) is 0 Å². The fourth-order valence-electron chi connectivity index (χ4n) is 9.67. The van der Waals surface area contributed by atoms with Crippen LogP contribution in [0.5, 0.6) is 0 Å². The quantitative estimate of drug-likeness (QED) is 0.101. The molecule has 0 radical (unpaired) electrons. The lowest BCUT2D eigenvalue weighted by Crippen LogP contribution is -2.74. The largest absolute Gasteiger partial charge is 0.309 e. The molecule has 0 aliphatic heterocycles. The Labute approximate surface area is 435 Å². The first kappa shape index (κ1) is 23.3. The van der Waals surface area contributed by atoms with E-state index in [0.717, 1.165) is 25.3 Å². The van der Waals surface area contributed by atoms with Crippen LogP contribution in [0.15, 0.2) is 279 Å². The summed E-state index contributed by atoms with van der Waals surface area (Å²) in [4.78, 5) is 0. The van der Waals surface area contributed by atoms with Gasteiger partial charge in [-0.15, -0.1) is 0 Å². The molecule has 0 saturated heterocycles. The maximum atomic E-state index is 10.3. The third-order valence-electron chi connectivity index (χ3n) is 12.6. The van der Waals surface area contributed by atoms with Crippen molar-refractivity contribution in [2.24, 2.45) is 0 Å². The fraction of sp³-hybridized carbons (Fsp3) is 0. The van der Waals surface area contributed by atoms with Crippen LogP contribution < -0.4 is 20.7 Å². The second-order valence-electron chi connectivity index (χ2n) is 16.2. The molecule has 0 amide bonds. The van der Waals surface area contributed by atoms with E-state index in [1.54, 1.807) is 12.1 Å². The number of rotatable bonds is 9. The lowest BCUT2D eigenvalue weighted by Gasteiger charge is -2.34. The van der Waals surface area contributed by atoms with Gasteiger partial charge in [0.05, 0.1) is 59.3 Å². The molecule has 0 aliphatic carbocycles. The van der Waals surface area contributed by atoms with Crippen molar-refractivity contribution >= 4 is 72.4 Å². The Morgan fingerprint density at radius 1 is 0.304 bits per heavy atom. The second-order valence-corrected chi connectivity index (χ2v) is 20.0. The third kappa shape index (κ3) is 6.62. The highest BCUT2D eigenvalue weighted by Gasteiger charge is 2.41. The summed E-state index contributed by atoms with van der Waals surface area (Å²) < 4.78 is 218. The molecule has 0 N–H and O–H groups in total. The minimum Gasteiger partial charge on any atom is -0.309 e. The number of hydrogen-bond donors (Lipinski definition) is 0. The van der Waals surface area contributed by atoms with Gasteiger partial charge in [0.1, 0.15) is 0 Å². The van der Waals surface area contributed by atoms with Gasteiger partial charge in [0.15, 0.2) is 8.07 Å². The molecule has 2 aromatic heterocycles. The van der Waals surface area contributed by atoms with Gasteiger partial charge in [0.25, 0.3) is 0 Å². The SMILES string of the molecule is [2H]c1c([2H])c([2H])c(-c2ccccc2-n2c3c([2H])c([2H])c([2H])c([2H])c3c3c([2H])c(-c4c([2H])c([2H])c([2H])c([2H])c4-c4c([2H])c([2H])c5c(c4[2H])c4c([2H])c([2H])c([2H])c([2H])c4n5-c4cccc([Si](c5ccccc5)(c5ccccc5)c5ccccc5)c4)c([2H])c([2H])c32)c([2H])c1[2H]. The van der Waals surface area contributed by atoms with E-state index in [-0.39, 0.29) is 49.8 Å². The van der Waals surface area contributed by atoms with Gasteiger partial charge in [-0.1, -0.05) is 224 Å². The zero-order valence-electron chi connectivity index (χ0n) is 59.2. The predicted octanol–water partition coefficient (Wildman–Crippen LogP) is 14.3. The molecule has 2 nitrogen and oxygen atoms in total. The highest BCUT2D eigenvalue weighted by molar-refractivity contribution is 7.19. The number of para-hydroxylation sites is 3. The van der Waals surface area contributed by atoms with Crippen LogP contribution in [0.25, 0.3) is 88.4 Å². The third-order valence-corrected chi connectivity index (χ3v) is 17.3. The van der Waals surface area contributed by atoms with Crippen LogP contribution in [-0.2, 0) is 0 Å². The highest BCUT2D eigenvalue weighted by Crippen LogP contribution is 2.41. The number of nitrogens with zero attached hydrogens (tertiary/aromatic N) is 2. The molecule has 2 heterocycles. The van der Waals surface area contributed by atoms with Crippen LogP contribution in [0.2, 0.25) is 0 Å². The highest BCUT2D eigenvalue weighted by atomic mass is 28.3. The molecule has 324 valence electrons. The van der Waals surface area contributed by atoms with Gasteiger partial charge in [0.2, 0.25) is 0 Å². The fourth-order valence-corrected chi connectivity index (χ4v) is 14.5. The molecule has 0 saturated carbocycles. The zero-order chi connectivity index (χ0) is 65.7. The molecular formula is C66H46N2Si. The Hall–Kier alpha value is -8.76. The number of fused-ring (bicyclic) bond motifs is 6. The van der Waals surface area contributed by atoms with E-state index in [1.807, 2.05) is 66.7 Å². The van der Waals surface area contributed by atoms with Crippen molar-refractivity contribution < 1.29 is 31.5 Å². The predicted molar refractivity (Wildman–Crippen MR) is 295 cm³/mol. The summed E-state index contributed by atoms with van der Waals surface area (Å²) in [6, 6.07) is 25.2. The van der Waals surface area contributed by atoms with Crippen LogP contribution in [0, 0.1) is 0 Å². The van der Waals surface area contributed by atoms with Gasteiger partial charge in [-0.25, -0.2) is 0 Å². The summed E-state index contributed by atoms with van der Waals surface area (Å²) in [7, 11) is -3.34. The van der Waals surface area contributed by atoms with E-state index >= 15 is 0 Å². The Morgan fingerprint density at radius 3 is 1.33 bits per heavy atom. The van der Waals surface area contributed by atoms with Gasteiger partial charge >= 0.3 is 0 Å². The number of benzene rings is 11. The van der Waals surface area contributed by atoms with Crippen molar-refractivity contribution in [3.05, 3.63) is 279 Å². The van der Waals surface area contributed by atoms with Crippen molar-refractivity contribution in [3.63, 3.8) is 0 Å². The van der Waals surface area contributed by atoms with Gasteiger partial charge in [0, 0.05) is 32.8 Å². The van der Waals surface area contributed by atoms with Crippen LogP contribution in [0.1, 0.15) is 31.5 Å². The van der Waals surface area contributed by atoms with E-state index in [2.05, 4.69) is 36.4 Å². The first-order valence-electron chi connectivity index (χ1n) is 33.5. The molecule has 0 unspecified atom stereocenters. The van der Waals surface area contributed by atoms with E-state index < -0.39 is 186 Å². The van der Waals surface area contributed by atoms with E-state index in [1.165, 1.54) is 28.8 Å². The molecular weight excluding hydrogens is 849 g/mol. The zero-order valence-corrected chi connectivity index (χ0v) is 37.2. The van der Waals surface area contributed by atoms with Gasteiger partial charge in [-0.2, -0.15) is 0 Å². The molecule has 3 heteroatoms. The summed E-state index contributed by atoms with van der Waals surface area (Å²) in [5, 5.41) is 2.31. The van der Waals surface area contributed by atoms with E-state index in [0.29, 0.717) is 0 Å². The lowest BCUT2D eigenvalue weighted by atomic mass is 9.93. The molecule has 0 bridgehead atoms. The summed E-state index contributed by atoms with van der Waals surface area (Å²) >= 11 is 0. The molecule has 11 aromatic carbocycles. The Bertz CT molecular complexity index is 5260. The Balaban J connectivity index is 1.15. The first-order valence-corrected chi connectivity index (χ1v) is 24.0. The van der Waals surface area contributed by atoms with Crippen LogP contribution in [0.4, 0.5) is 0 Å². The summed E-state index contributed by atoms with van der Waals surface area (Å²) in [5.41, 5.74) is -4.34. The molecule has 0 aliphatic rings. The molecule has 69 heavy (non-hydrogen) atoms.